The lowest BCUT2D eigenvalue weighted by Gasteiger charge is -2.28. The van der Waals surface area contributed by atoms with Crippen molar-refractivity contribution in [2.24, 2.45) is 0 Å². The van der Waals surface area contributed by atoms with Crippen LogP contribution in [0.5, 0.6) is 11.5 Å². The molecule has 0 saturated heterocycles. The van der Waals surface area contributed by atoms with Crippen molar-refractivity contribution in [1.82, 2.24) is 14.1 Å². The zero-order valence-electron chi connectivity index (χ0n) is 63.9. The van der Waals surface area contributed by atoms with Crippen molar-refractivity contribution < 1.29 is 28.5 Å². The molecule has 0 N–H and O–H groups in total. The number of ether oxygens (including phenoxy) is 1. The summed E-state index contributed by atoms with van der Waals surface area (Å²) in [5.41, 5.74) is 11.2. The molecule has 0 radical (unpaired) electrons. The maximum Gasteiger partial charge on any atom is 0.269 e. The molecule has 0 aliphatic carbocycles. The number of aryl methyl sites for hydroxylation is 3. The van der Waals surface area contributed by atoms with Crippen molar-refractivity contribution in [2.75, 3.05) is 0 Å². The van der Waals surface area contributed by atoms with E-state index in [4.69, 9.17) is 28.9 Å². The molecule has 0 amide bonds. The van der Waals surface area contributed by atoms with Crippen LogP contribution >= 0.6 is 0 Å². The summed E-state index contributed by atoms with van der Waals surface area (Å²) in [6, 6.07) is 49.4. The Kier molecular flexibility index (Phi) is 10.2. The molecule has 0 spiro atoms. The average molecular weight is 1110 g/mol. The Morgan fingerprint density at radius 2 is 1.04 bits per heavy atom. The van der Waals surface area contributed by atoms with Crippen molar-refractivity contribution in [2.45, 2.75) is 125 Å². The highest BCUT2D eigenvalue weighted by Crippen LogP contribution is 2.43. The second-order valence-corrected chi connectivity index (χ2v) is 26.2. The van der Waals surface area contributed by atoms with Gasteiger partial charge in [0, 0.05) is 40.9 Å². The normalized spacial score (nSPS) is 15.3. The van der Waals surface area contributed by atoms with Crippen LogP contribution in [-0.2, 0) is 21.7 Å². The molecule has 3 aromatic heterocycles. The van der Waals surface area contributed by atoms with E-state index in [1.165, 1.54) is 52.7 Å². The molecule has 5 heteroatoms. The van der Waals surface area contributed by atoms with E-state index in [-0.39, 0.29) is 60.9 Å². The van der Waals surface area contributed by atoms with Crippen LogP contribution in [0.1, 0.15) is 141 Å². The van der Waals surface area contributed by atoms with Crippen molar-refractivity contribution >= 4 is 32.8 Å². The standard InChI is InChI=1S/C79H78N4O/c1-50-24-21-25-51(2)74(50)54-34-37-70-72(43-54)81(61-28-22-29-62(46-61)84-63-35-36-67-66-30-19-20-33-69(66)83(71(67)47-63)73-38-52(3)68(48-80-73)53-26-17-16-18-27-53)49-82(70)75-64(55-39-57(76(4,5)6)44-58(40-55)77(7,8)9)31-23-32-65(75)56-41-59(78(10,11)12)45-60(42-56)79(13,14)15/h16-48H,1-15H3/i1D3,2D3,3D3,16D,17D,18D,26D,27D. The summed E-state index contributed by atoms with van der Waals surface area (Å²) in [7, 11) is 0. The number of aromatic nitrogens is 4. The number of hydrogen-bond donors (Lipinski definition) is 0. The summed E-state index contributed by atoms with van der Waals surface area (Å²) in [4.78, 5) is 4.77. The van der Waals surface area contributed by atoms with Gasteiger partial charge in [0.25, 0.3) is 6.33 Å². The second-order valence-electron chi connectivity index (χ2n) is 26.2. The minimum atomic E-state index is -2.81. The molecule has 0 bridgehead atoms. The third-order valence-corrected chi connectivity index (χ3v) is 16.1. The van der Waals surface area contributed by atoms with E-state index in [0.29, 0.717) is 44.8 Å². The lowest BCUT2D eigenvalue weighted by Crippen LogP contribution is -2.31. The quantitative estimate of drug-likeness (QED) is 0.107. The van der Waals surface area contributed by atoms with E-state index < -0.39 is 50.8 Å². The van der Waals surface area contributed by atoms with E-state index >= 15 is 0 Å². The smallest absolute Gasteiger partial charge is 0.269 e. The predicted molar refractivity (Wildman–Crippen MR) is 353 cm³/mol. The summed E-state index contributed by atoms with van der Waals surface area (Å²) in [5.74, 6) is 1.01. The third-order valence-electron chi connectivity index (χ3n) is 16.1. The summed E-state index contributed by atoms with van der Waals surface area (Å²) < 4.78 is 134. The number of imidazole rings is 1. The molecule has 0 fully saturated rings. The highest BCUT2D eigenvalue weighted by Gasteiger charge is 2.28. The number of hydrogen-bond acceptors (Lipinski definition) is 2. The molecule has 9 aromatic carbocycles. The molecular weight excluding hydrogens is 1020 g/mol. The Bertz CT molecular complexity index is 4980. The molecule has 0 aliphatic rings. The fourth-order valence-corrected chi connectivity index (χ4v) is 11.3. The van der Waals surface area contributed by atoms with Crippen LogP contribution in [0.25, 0.3) is 94.5 Å². The number of fused-ring (bicyclic) bond motifs is 4. The van der Waals surface area contributed by atoms with Crippen LogP contribution < -0.4 is 9.30 Å². The summed E-state index contributed by atoms with van der Waals surface area (Å²) in [6.07, 6.45) is 5.10. The van der Waals surface area contributed by atoms with Crippen LogP contribution in [-0.4, -0.2) is 14.1 Å². The highest BCUT2D eigenvalue weighted by atomic mass is 16.5. The molecule has 420 valence electrons. The lowest BCUT2D eigenvalue weighted by atomic mass is 9.77. The lowest BCUT2D eigenvalue weighted by molar-refractivity contribution is -0.571. The van der Waals surface area contributed by atoms with Gasteiger partial charge in [-0.1, -0.05) is 222 Å². The van der Waals surface area contributed by atoms with Gasteiger partial charge in [-0.3, -0.25) is 13.7 Å². The Morgan fingerprint density at radius 3 is 1.64 bits per heavy atom. The fraction of sp³-hybridized carbons (Fsp3) is 0.241. The number of para-hydroxylation sites is 2. The number of benzene rings is 9. The van der Waals surface area contributed by atoms with E-state index in [9.17, 15) is 0 Å². The Labute approximate surface area is 517 Å². The molecule has 0 atom stereocenters. The average Bonchev–Trinajstić information content (AvgIpc) is 1.28. The van der Waals surface area contributed by atoms with E-state index in [1.54, 1.807) is 6.07 Å². The van der Waals surface area contributed by atoms with Gasteiger partial charge >= 0.3 is 0 Å². The summed E-state index contributed by atoms with van der Waals surface area (Å²) >= 11 is 0. The van der Waals surface area contributed by atoms with E-state index in [0.717, 1.165) is 38.7 Å². The minimum Gasteiger partial charge on any atom is -0.458 e. The molecular formula is C79H78N4O. The predicted octanol–water partition coefficient (Wildman–Crippen LogP) is 20.8. The topological polar surface area (TPSA) is 35.9 Å². The Morgan fingerprint density at radius 1 is 0.464 bits per heavy atom. The van der Waals surface area contributed by atoms with Gasteiger partial charge in [0.05, 0.1) is 40.3 Å². The molecule has 12 aromatic rings. The van der Waals surface area contributed by atoms with Crippen molar-refractivity contribution in [1.29, 1.82) is 0 Å². The van der Waals surface area contributed by atoms with E-state index in [1.807, 2.05) is 88.0 Å². The first kappa shape index (κ1) is 41.2. The zero-order chi connectivity index (χ0) is 71.1. The molecule has 3 heterocycles. The van der Waals surface area contributed by atoms with Crippen molar-refractivity contribution in [3.63, 3.8) is 0 Å². The Balaban J connectivity index is 1.10. The number of rotatable bonds is 9. The first-order valence-electron chi connectivity index (χ1n) is 35.6. The largest absolute Gasteiger partial charge is 0.458 e. The molecule has 0 saturated carbocycles. The highest BCUT2D eigenvalue weighted by molar-refractivity contribution is 6.09. The first-order chi connectivity index (χ1) is 45.6. The van der Waals surface area contributed by atoms with Gasteiger partial charge in [0.15, 0.2) is 0 Å². The third kappa shape index (κ3) is 10.4. The van der Waals surface area contributed by atoms with Crippen molar-refractivity contribution in [3.05, 3.63) is 245 Å². The molecule has 0 aliphatic heterocycles. The number of pyridine rings is 1. The van der Waals surface area contributed by atoms with Crippen molar-refractivity contribution in [3.8, 4) is 73.2 Å². The number of nitrogens with zero attached hydrogens (tertiary/aromatic N) is 4. The van der Waals surface area contributed by atoms with Crippen LogP contribution in [0, 0.1) is 26.9 Å². The van der Waals surface area contributed by atoms with Gasteiger partial charge in [-0.05, 0) is 169 Å². The van der Waals surface area contributed by atoms with Crippen LogP contribution in [0.15, 0.2) is 200 Å². The van der Waals surface area contributed by atoms with Gasteiger partial charge in [0.1, 0.15) is 17.3 Å². The SMILES string of the molecule is [2H]c1c([2H])c([2H])c(-c2cnc(-n3c4ccccc4c4ccc(Oc5cccc(-n6[c-][n+](-c7c(-c8cc(C(C)(C)C)cc(C(C)(C)C)c8)cccc7-c7cc(C(C)(C)C)cc(C(C)(C)C)c7)c7ccc(-c8c(C([2H])([2H])[2H])cccc8C([2H])([2H])[2H])cc76)c5)cc43)cc2C([2H])([2H])[2H])c([2H])c1[2H]. The summed E-state index contributed by atoms with van der Waals surface area (Å²) in [6.45, 7) is 18.5. The monoisotopic (exact) mass is 1110 g/mol. The molecule has 84 heavy (non-hydrogen) atoms. The molecule has 5 nitrogen and oxygen atoms in total. The van der Waals surface area contributed by atoms with E-state index in [2.05, 4.69) is 149 Å². The molecule has 0 unspecified atom stereocenters. The van der Waals surface area contributed by atoms with Crippen LogP contribution in [0.2, 0.25) is 0 Å². The van der Waals surface area contributed by atoms with Gasteiger partial charge in [-0.25, -0.2) is 4.98 Å². The maximum atomic E-state index is 8.76. The minimum absolute atomic E-state index is 0.0944. The first-order valence-corrected chi connectivity index (χ1v) is 28.6. The van der Waals surface area contributed by atoms with Gasteiger partial charge in [-0.15, -0.1) is 0 Å². The second kappa shape index (κ2) is 20.8. The van der Waals surface area contributed by atoms with Gasteiger partial charge in [0.2, 0.25) is 0 Å². The van der Waals surface area contributed by atoms with Crippen LogP contribution in [0.3, 0.4) is 0 Å². The van der Waals surface area contributed by atoms with Gasteiger partial charge < -0.3 is 4.74 Å². The molecule has 12 rings (SSSR count). The zero-order valence-corrected chi connectivity index (χ0v) is 49.9. The maximum absolute atomic E-state index is 8.76. The van der Waals surface area contributed by atoms with Crippen LogP contribution in [0.4, 0.5) is 0 Å². The summed E-state index contributed by atoms with van der Waals surface area (Å²) in [5, 5.41) is 1.62. The van der Waals surface area contributed by atoms with Gasteiger partial charge in [-0.2, -0.15) is 0 Å². The fourth-order valence-electron chi connectivity index (χ4n) is 11.3. The Hall–Kier alpha value is -8.80.